The van der Waals surface area contributed by atoms with Gasteiger partial charge in [-0.2, -0.15) is 0 Å². The monoisotopic (exact) mass is 440 g/mol. The maximum absolute atomic E-state index is 12.4. The van der Waals surface area contributed by atoms with E-state index in [0.29, 0.717) is 36.9 Å². The molecule has 0 aliphatic carbocycles. The topological polar surface area (TPSA) is 53.0 Å². The minimum atomic E-state index is -4.69. The van der Waals surface area contributed by atoms with Gasteiger partial charge >= 0.3 is 12.3 Å². The molecule has 5 nitrogen and oxygen atoms in total. The predicted octanol–water partition coefficient (Wildman–Crippen LogP) is 4.51. The number of aliphatic carboxylic acids is 1. The lowest BCUT2D eigenvalue weighted by Crippen LogP contribution is -2.64. The molecular weight excluding hydrogens is 409 g/mol. The molecule has 1 aromatic carbocycles. The fraction of sp³-hybridized carbons (Fsp3) is 0.696. The van der Waals surface area contributed by atoms with E-state index >= 15 is 0 Å². The Morgan fingerprint density at radius 1 is 1.13 bits per heavy atom. The number of carboxylic acid groups (broad SMARTS) is 1. The van der Waals surface area contributed by atoms with Crippen LogP contribution in [0.25, 0.3) is 0 Å². The molecule has 3 aliphatic rings. The van der Waals surface area contributed by atoms with Crippen molar-refractivity contribution >= 4 is 5.97 Å². The fourth-order valence-electron chi connectivity index (χ4n) is 6.16. The number of benzene rings is 1. The smallest absolute Gasteiger partial charge is 0.481 e. The van der Waals surface area contributed by atoms with Gasteiger partial charge in [0.15, 0.2) is 0 Å². The summed E-state index contributed by atoms with van der Waals surface area (Å²) in [5, 5.41) is 9.10. The van der Waals surface area contributed by atoms with Crippen molar-refractivity contribution in [3.05, 3.63) is 29.8 Å². The van der Waals surface area contributed by atoms with Gasteiger partial charge in [0.1, 0.15) is 5.75 Å². The summed E-state index contributed by atoms with van der Waals surface area (Å²) in [5.41, 5.74) is 0.958. The molecule has 3 aliphatic heterocycles. The molecule has 0 aromatic heterocycles. The number of nitrogens with zero attached hydrogens (tertiary/aromatic N) is 2. The van der Waals surface area contributed by atoms with E-state index in [1.54, 1.807) is 12.1 Å². The Hall–Kier alpha value is -1.80. The van der Waals surface area contributed by atoms with Crippen molar-refractivity contribution in [2.75, 3.05) is 19.6 Å². The molecule has 8 heteroatoms. The Balaban J connectivity index is 1.50. The summed E-state index contributed by atoms with van der Waals surface area (Å²) in [7, 11) is 0. The molecule has 1 aromatic rings. The summed E-state index contributed by atoms with van der Waals surface area (Å²) in [6, 6.07) is 7.06. The van der Waals surface area contributed by atoms with Gasteiger partial charge in [0.2, 0.25) is 0 Å². The third-order valence-electron chi connectivity index (χ3n) is 7.21. The average Bonchev–Trinajstić information content (AvgIpc) is 2.70. The number of halogens is 3. The number of rotatable bonds is 7. The minimum Gasteiger partial charge on any atom is -0.481 e. The molecule has 0 bridgehead atoms. The predicted molar refractivity (Wildman–Crippen MR) is 110 cm³/mol. The van der Waals surface area contributed by atoms with E-state index in [2.05, 4.69) is 14.5 Å². The molecule has 4 atom stereocenters. The normalized spacial score (nSPS) is 29.4. The van der Waals surface area contributed by atoms with Crippen molar-refractivity contribution in [1.82, 2.24) is 9.80 Å². The summed E-state index contributed by atoms with van der Waals surface area (Å²) in [4.78, 5) is 16.2. The first-order chi connectivity index (χ1) is 14.8. The molecule has 3 heterocycles. The standard InChI is InChI=1S/C23H31F3N2O3/c24-23(25,26)31-18-10-8-16(9-11-18)14-28-15-17-4-2-12-27-13-3-5-19(22(17)27)20(28)6-1-7-21(29)30/h8-11,17,19-20,22H,1-7,12-15H2,(H,29,30)/t17-,19+,20+,22-/m0/s1. The second-order valence-electron chi connectivity index (χ2n) is 9.21. The Morgan fingerprint density at radius 3 is 2.52 bits per heavy atom. The van der Waals surface area contributed by atoms with Crippen molar-refractivity contribution in [3.63, 3.8) is 0 Å². The van der Waals surface area contributed by atoms with Gasteiger partial charge in [-0.15, -0.1) is 13.2 Å². The number of ether oxygens (including phenoxy) is 1. The van der Waals surface area contributed by atoms with Gasteiger partial charge < -0.3 is 9.84 Å². The third-order valence-corrected chi connectivity index (χ3v) is 7.21. The van der Waals surface area contributed by atoms with Crippen LogP contribution in [0.4, 0.5) is 13.2 Å². The number of piperidine rings is 3. The van der Waals surface area contributed by atoms with Crippen molar-refractivity contribution < 1.29 is 27.8 Å². The van der Waals surface area contributed by atoms with Crippen molar-refractivity contribution in [3.8, 4) is 5.75 Å². The van der Waals surface area contributed by atoms with Gasteiger partial charge in [0.25, 0.3) is 0 Å². The third kappa shape index (κ3) is 5.52. The molecule has 3 saturated heterocycles. The summed E-state index contributed by atoms with van der Waals surface area (Å²) >= 11 is 0. The van der Waals surface area contributed by atoms with Crippen LogP contribution in [0.5, 0.6) is 5.75 Å². The summed E-state index contributed by atoms with van der Waals surface area (Å²) in [6.07, 6.45) is 1.78. The van der Waals surface area contributed by atoms with Gasteiger partial charge in [0, 0.05) is 31.6 Å². The molecule has 0 unspecified atom stereocenters. The Labute approximate surface area is 181 Å². The molecule has 0 saturated carbocycles. The molecule has 0 spiro atoms. The lowest BCUT2D eigenvalue weighted by Gasteiger charge is -2.57. The fourth-order valence-corrected chi connectivity index (χ4v) is 6.16. The molecule has 3 fully saturated rings. The van der Waals surface area contributed by atoms with E-state index in [0.717, 1.165) is 18.5 Å². The summed E-state index contributed by atoms with van der Waals surface area (Å²) in [5.74, 6) is 0.184. The van der Waals surface area contributed by atoms with E-state index in [4.69, 9.17) is 5.11 Å². The minimum absolute atomic E-state index is 0.179. The average molecular weight is 441 g/mol. The highest BCUT2D eigenvalue weighted by Crippen LogP contribution is 2.43. The van der Waals surface area contributed by atoms with Crippen LogP contribution < -0.4 is 4.74 Å². The molecule has 0 amide bonds. The molecular formula is C23H31F3N2O3. The first-order valence-corrected chi connectivity index (χ1v) is 11.3. The maximum atomic E-state index is 12.4. The Morgan fingerprint density at radius 2 is 1.84 bits per heavy atom. The molecule has 31 heavy (non-hydrogen) atoms. The van der Waals surface area contributed by atoms with Gasteiger partial charge in [0.05, 0.1) is 0 Å². The quantitative estimate of drug-likeness (QED) is 0.676. The van der Waals surface area contributed by atoms with Crippen LogP contribution in [0.1, 0.15) is 50.5 Å². The van der Waals surface area contributed by atoms with Crippen LogP contribution >= 0.6 is 0 Å². The van der Waals surface area contributed by atoms with Gasteiger partial charge in [-0.1, -0.05) is 12.1 Å². The van der Waals surface area contributed by atoms with E-state index in [1.165, 1.54) is 50.9 Å². The Bertz CT molecular complexity index is 753. The van der Waals surface area contributed by atoms with E-state index in [1.807, 2.05) is 0 Å². The SMILES string of the molecule is O=C(O)CCC[C@@H]1[C@H]2CCCN3CCC[C@@H](CN1Cc1ccc(OC(F)(F)F)cc1)[C@@H]23. The lowest BCUT2D eigenvalue weighted by atomic mass is 9.69. The number of carbonyl (C=O) groups is 1. The van der Waals surface area contributed by atoms with Crippen molar-refractivity contribution in [2.45, 2.75) is 69.9 Å². The van der Waals surface area contributed by atoms with Crippen molar-refractivity contribution in [1.29, 1.82) is 0 Å². The zero-order valence-corrected chi connectivity index (χ0v) is 17.7. The van der Waals surface area contributed by atoms with Crippen LogP contribution in [0.15, 0.2) is 24.3 Å². The summed E-state index contributed by atoms with van der Waals surface area (Å²) in [6.45, 7) is 3.97. The highest BCUT2D eigenvalue weighted by atomic mass is 19.4. The van der Waals surface area contributed by atoms with Crippen LogP contribution in [0.2, 0.25) is 0 Å². The van der Waals surface area contributed by atoms with E-state index < -0.39 is 12.3 Å². The zero-order chi connectivity index (χ0) is 22.0. The highest BCUT2D eigenvalue weighted by molar-refractivity contribution is 5.66. The zero-order valence-electron chi connectivity index (χ0n) is 17.7. The van der Waals surface area contributed by atoms with Gasteiger partial charge in [-0.25, -0.2) is 0 Å². The van der Waals surface area contributed by atoms with Crippen LogP contribution in [0.3, 0.4) is 0 Å². The van der Waals surface area contributed by atoms with E-state index in [-0.39, 0.29) is 12.2 Å². The van der Waals surface area contributed by atoms with Gasteiger partial charge in [-0.05, 0) is 81.1 Å². The number of hydrogen-bond donors (Lipinski definition) is 1. The van der Waals surface area contributed by atoms with Crippen LogP contribution in [-0.4, -0.2) is 59.0 Å². The van der Waals surface area contributed by atoms with Crippen LogP contribution in [0, 0.1) is 11.8 Å². The van der Waals surface area contributed by atoms with Crippen LogP contribution in [-0.2, 0) is 11.3 Å². The molecule has 4 rings (SSSR count). The number of alkyl halides is 3. The largest absolute Gasteiger partial charge is 0.573 e. The molecule has 0 radical (unpaired) electrons. The molecule has 172 valence electrons. The number of hydrogen-bond acceptors (Lipinski definition) is 4. The Kier molecular flexibility index (Phi) is 6.77. The highest BCUT2D eigenvalue weighted by Gasteiger charge is 2.48. The second kappa shape index (κ2) is 9.36. The first kappa shape index (κ1) is 22.4. The van der Waals surface area contributed by atoms with Crippen molar-refractivity contribution in [2.24, 2.45) is 11.8 Å². The van der Waals surface area contributed by atoms with E-state index in [9.17, 15) is 18.0 Å². The maximum Gasteiger partial charge on any atom is 0.573 e. The van der Waals surface area contributed by atoms with Gasteiger partial charge in [-0.3, -0.25) is 14.6 Å². The lowest BCUT2D eigenvalue weighted by molar-refractivity contribution is -0.274. The molecule has 1 N–H and O–H groups in total. The second-order valence-corrected chi connectivity index (χ2v) is 9.21. The summed E-state index contributed by atoms with van der Waals surface area (Å²) < 4.78 is 41.3. The number of carboxylic acids is 1. The first-order valence-electron chi connectivity index (χ1n) is 11.3. The number of likely N-dealkylation sites (tertiary alicyclic amines) is 1.